The van der Waals surface area contributed by atoms with E-state index in [-0.39, 0.29) is 23.0 Å². The highest BCUT2D eigenvalue weighted by atomic mass is 16.3. The van der Waals surface area contributed by atoms with E-state index < -0.39 is 0 Å². The normalized spacial score (nSPS) is 21.0. The van der Waals surface area contributed by atoms with Gasteiger partial charge in [-0.1, -0.05) is 38.1 Å². The third kappa shape index (κ3) is 2.46. The number of fused-ring (bicyclic) bond motifs is 3. The molecule has 1 aliphatic heterocycles. The number of ketones is 1. The molecule has 0 radical (unpaired) electrons. The molecule has 1 atom stereocenters. The van der Waals surface area contributed by atoms with Gasteiger partial charge in [0.15, 0.2) is 5.78 Å². The van der Waals surface area contributed by atoms with Crippen molar-refractivity contribution in [2.45, 2.75) is 32.7 Å². The molecule has 27 heavy (non-hydrogen) atoms. The van der Waals surface area contributed by atoms with E-state index in [2.05, 4.69) is 23.7 Å². The minimum absolute atomic E-state index is 0.0728. The lowest BCUT2D eigenvalue weighted by atomic mass is 9.73. The van der Waals surface area contributed by atoms with Gasteiger partial charge in [-0.2, -0.15) is 0 Å². The number of rotatable bonds is 1. The maximum atomic E-state index is 13.2. The summed E-state index contributed by atoms with van der Waals surface area (Å²) in [4.78, 5) is 17.9. The molecule has 2 N–H and O–H groups in total. The summed E-state index contributed by atoms with van der Waals surface area (Å²) in [5.74, 6) is 1.16. The molecule has 136 valence electrons. The Kier molecular flexibility index (Phi) is 3.26. The van der Waals surface area contributed by atoms with Crippen molar-refractivity contribution in [2.75, 3.05) is 5.32 Å². The Bertz CT molecular complexity index is 1110. The summed E-state index contributed by atoms with van der Waals surface area (Å²) in [5, 5.41) is 13.2. The topological polar surface area (TPSA) is 67.2 Å². The third-order valence-electron chi connectivity index (χ3n) is 5.52. The fraction of sp³-hybridized carbons (Fsp3) is 0.273. The molecule has 5 nitrogen and oxygen atoms in total. The first-order valence-electron chi connectivity index (χ1n) is 9.22. The summed E-state index contributed by atoms with van der Waals surface area (Å²) in [6.07, 6.45) is 1.34. The van der Waals surface area contributed by atoms with Gasteiger partial charge >= 0.3 is 0 Å². The largest absolute Gasteiger partial charge is 0.508 e. The summed E-state index contributed by atoms with van der Waals surface area (Å²) in [5.41, 5.74) is 4.57. The molecule has 0 fully saturated rings. The zero-order valence-corrected chi connectivity index (χ0v) is 15.4. The number of para-hydroxylation sites is 2. The number of hydrogen-bond donors (Lipinski definition) is 2. The summed E-state index contributed by atoms with van der Waals surface area (Å²) < 4.78 is 2.11. The van der Waals surface area contributed by atoms with Crippen LogP contribution in [0, 0.1) is 5.41 Å². The van der Waals surface area contributed by atoms with Crippen molar-refractivity contribution in [1.82, 2.24) is 9.55 Å². The number of aromatic nitrogens is 2. The summed E-state index contributed by atoms with van der Waals surface area (Å²) in [7, 11) is 0. The number of benzene rings is 2. The Morgan fingerprint density at radius 3 is 2.63 bits per heavy atom. The Hall–Kier alpha value is -3.08. The number of carbonyl (C=O) groups is 1. The first kappa shape index (κ1) is 16.1. The number of phenols is 1. The first-order valence-corrected chi connectivity index (χ1v) is 9.22. The van der Waals surface area contributed by atoms with Crippen molar-refractivity contribution in [1.29, 1.82) is 0 Å². The van der Waals surface area contributed by atoms with E-state index in [0.29, 0.717) is 6.42 Å². The van der Waals surface area contributed by atoms with Crippen molar-refractivity contribution in [3.8, 4) is 5.75 Å². The van der Waals surface area contributed by atoms with E-state index in [4.69, 9.17) is 4.98 Å². The fourth-order valence-electron chi connectivity index (χ4n) is 4.39. The van der Waals surface area contributed by atoms with E-state index >= 15 is 0 Å². The number of phenolic OH excluding ortho intramolecular Hbond substituents is 1. The van der Waals surface area contributed by atoms with Gasteiger partial charge in [0.25, 0.3) is 0 Å². The smallest absolute Gasteiger partial charge is 0.209 e. The lowest BCUT2D eigenvalue weighted by Crippen LogP contribution is -2.36. The second kappa shape index (κ2) is 5.46. The van der Waals surface area contributed by atoms with Gasteiger partial charge in [-0.15, -0.1) is 0 Å². The highest BCUT2D eigenvalue weighted by Gasteiger charge is 2.41. The van der Waals surface area contributed by atoms with Crippen LogP contribution in [-0.2, 0) is 4.79 Å². The predicted octanol–water partition coefficient (Wildman–Crippen LogP) is 4.40. The molecule has 0 amide bonds. The highest BCUT2D eigenvalue weighted by Crippen LogP contribution is 2.47. The molecule has 2 heterocycles. The molecule has 0 spiro atoms. The van der Waals surface area contributed by atoms with Crippen molar-refractivity contribution in [3.63, 3.8) is 0 Å². The molecule has 5 rings (SSSR count). The number of hydrogen-bond acceptors (Lipinski definition) is 4. The standard InChI is InChI=1S/C22H21N3O2/c1-22(2)11-16-19(18(27)12-22)20(13-7-9-14(26)10-8-13)25-17-6-4-3-5-15(17)23-21(25)24-16/h3-10,20,26H,11-12H2,1-2H3,(H,23,24). The van der Waals surface area contributed by atoms with Gasteiger partial charge in [0.05, 0.1) is 17.1 Å². The lowest BCUT2D eigenvalue weighted by Gasteiger charge is -2.39. The monoisotopic (exact) mass is 359 g/mol. The molecule has 0 saturated carbocycles. The Labute approximate surface area is 157 Å². The fourth-order valence-corrected chi connectivity index (χ4v) is 4.39. The average molecular weight is 359 g/mol. The number of carbonyl (C=O) groups excluding carboxylic acids is 1. The third-order valence-corrected chi connectivity index (χ3v) is 5.52. The van der Waals surface area contributed by atoms with Gasteiger partial charge in [0.2, 0.25) is 5.95 Å². The van der Waals surface area contributed by atoms with Crippen molar-refractivity contribution >= 4 is 22.8 Å². The maximum Gasteiger partial charge on any atom is 0.209 e. The summed E-state index contributed by atoms with van der Waals surface area (Å²) in [6.45, 7) is 4.26. The molecule has 0 saturated heterocycles. The Balaban J connectivity index is 1.79. The van der Waals surface area contributed by atoms with Crippen LogP contribution in [-0.4, -0.2) is 20.4 Å². The van der Waals surface area contributed by atoms with Crippen LogP contribution in [0.3, 0.4) is 0 Å². The molecule has 2 aromatic carbocycles. The van der Waals surface area contributed by atoms with Gasteiger partial charge < -0.3 is 10.4 Å². The van der Waals surface area contributed by atoms with Gasteiger partial charge in [-0.25, -0.2) is 4.98 Å². The van der Waals surface area contributed by atoms with E-state index in [0.717, 1.165) is 40.2 Å². The SMILES string of the molecule is CC1(C)CC(=O)C2=C(C1)Nc1nc3ccccc3n1C2c1ccc(O)cc1. The molecule has 1 aromatic heterocycles. The lowest BCUT2D eigenvalue weighted by molar-refractivity contribution is -0.118. The molecular weight excluding hydrogens is 338 g/mol. The van der Waals surface area contributed by atoms with Crippen LogP contribution < -0.4 is 5.32 Å². The van der Waals surface area contributed by atoms with E-state index in [1.54, 1.807) is 12.1 Å². The Morgan fingerprint density at radius 2 is 1.85 bits per heavy atom. The predicted molar refractivity (Wildman–Crippen MR) is 105 cm³/mol. The van der Waals surface area contributed by atoms with Crippen LogP contribution in [0.5, 0.6) is 5.75 Å². The van der Waals surface area contributed by atoms with Crippen LogP contribution in [0.25, 0.3) is 11.0 Å². The maximum absolute atomic E-state index is 13.2. The van der Waals surface area contributed by atoms with Crippen molar-refractivity contribution < 1.29 is 9.90 Å². The van der Waals surface area contributed by atoms with Crippen molar-refractivity contribution in [3.05, 3.63) is 65.4 Å². The van der Waals surface area contributed by atoms with Crippen LogP contribution >= 0.6 is 0 Å². The zero-order valence-electron chi connectivity index (χ0n) is 15.4. The number of aromatic hydroxyl groups is 1. The molecule has 0 bridgehead atoms. The van der Waals surface area contributed by atoms with Crippen LogP contribution in [0.1, 0.15) is 38.3 Å². The van der Waals surface area contributed by atoms with Gasteiger partial charge in [-0.05, 0) is 41.7 Å². The van der Waals surface area contributed by atoms with Crippen LogP contribution in [0.4, 0.5) is 5.95 Å². The number of allylic oxidation sites excluding steroid dienone is 2. The number of imidazole rings is 1. The zero-order chi connectivity index (χ0) is 18.8. The number of anilines is 1. The number of nitrogens with zero attached hydrogens (tertiary/aromatic N) is 2. The van der Waals surface area contributed by atoms with Gasteiger partial charge in [-0.3, -0.25) is 9.36 Å². The first-order chi connectivity index (χ1) is 12.9. The quantitative estimate of drug-likeness (QED) is 0.676. The second-order valence-corrected chi connectivity index (χ2v) is 8.25. The van der Waals surface area contributed by atoms with E-state index in [1.165, 1.54) is 0 Å². The minimum atomic E-state index is -0.243. The molecule has 2 aliphatic rings. The van der Waals surface area contributed by atoms with E-state index in [9.17, 15) is 9.90 Å². The number of Topliss-reactive ketones (excluding diaryl/α,β-unsaturated/α-hetero) is 1. The van der Waals surface area contributed by atoms with Gasteiger partial charge in [0, 0.05) is 17.7 Å². The average Bonchev–Trinajstić information content (AvgIpc) is 2.97. The minimum Gasteiger partial charge on any atom is -0.508 e. The molecule has 5 heteroatoms. The Morgan fingerprint density at radius 1 is 1.11 bits per heavy atom. The van der Waals surface area contributed by atoms with Crippen molar-refractivity contribution in [2.24, 2.45) is 5.41 Å². The second-order valence-electron chi connectivity index (χ2n) is 8.25. The summed E-state index contributed by atoms with van der Waals surface area (Å²) in [6, 6.07) is 14.9. The summed E-state index contributed by atoms with van der Waals surface area (Å²) >= 11 is 0. The number of nitrogens with one attached hydrogen (secondary N) is 1. The van der Waals surface area contributed by atoms with Crippen LogP contribution in [0.15, 0.2) is 59.8 Å². The van der Waals surface area contributed by atoms with Crippen LogP contribution in [0.2, 0.25) is 0 Å². The molecule has 1 aliphatic carbocycles. The highest BCUT2D eigenvalue weighted by molar-refractivity contribution is 6.00. The van der Waals surface area contributed by atoms with Gasteiger partial charge in [0.1, 0.15) is 5.75 Å². The molecular formula is C22H21N3O2. The molecule has 3 aromatic rings. The molecule has 1 unspecified atom stereocenters. The van der Waals surface area contributed by atoms with E-state index in [1.807, 2.05) is 36.4 Å².